The van der Waals surface area contributed by atoms with Gasteiger partial charge in [-0.1, -0.05) is 20.8 Å². The van der Waals surface area contributed by atoms with Crippen LogP contribution < -0.4 is 10.6 Å². The van der Waals surface area contributed by atoms with Gasteiger partial charge in [-0.2, -0.15) is 0 Å². The van der Waals surface area contributed by atoms with Crippen molar-refractivity contribution in [3.05, 3.63) is 11.9 Å². The van der Waals surface area contributed by atoms with Crippen molar-refractivity contribution in [3.8, 4) is 0 Å². The average Bonchev–Trinajstić information content (AvgIpc) is 2.34. The van der Waals surface area contributed by atoms with E-state index in [-0.39, 0.29) is 5.54 Å². The summed E-state index contributed by atoms with van der Waals surface area (Å²) in [6.45, 7) is 9.79. The van der Waals surface area contributed by atoms with Gasteiger partial charge >= 0.3 is 0 Å². The van der Waals surface area contributed by atoms with Crippen molar-refractivity contribution < 1.29 is 0 Å². The maximum atomic E-state index is 4.47. The van der Waals surface area contributed by atoms with Crippen molar-refractivity contribution in [2.24, 2.45) is 0 Å². The molecule has 4 heteroatoms. The Morgan fingerprint density at radius 2 is 1.95 bits per heavy atom. The first-order valence-electron chi connectivity index (χ1n) is 7.42. The molecule has 0 unspecified atom stereocenters. The quantitative estimate of drug-likeness (QED) is 0.819. The van der Waals surface area contributed by atoms with Crippen LogP contribution in [-0.4, -0.2) is 22.1 Å². The Balaban J connectivity index is 2.25. The van der Waals surface area contributed by atoms with Crippen LogP contribution in [0.15, 0.2) is 6.33 Å². The number of nitrogens with zero attached hydrogens (tertiary/aromatic N) is 2. The fraction of sp³-hybridized carbons (Fsp3) is 0.733. The van der Waals surface area contributed by atoms with Crippen molar-refractivity contribution in [1.29, 1.82) is 0 Å². The van der Waals surface area contributed by atoms with Crippen LogP contribution in [0.4, 0.5) is 11.6 Å². The van der Waals surface area contributed by atoms with Gasteiger partial charge in [0, 0.05) is 17.6 Å². The number of aromatic nitrogens is 2. The van der Waals surface area contributed by atoms with E-state index >= 15 is 0 Å². The second-order valence-electron chi connectivity index (χ2n) is 6.11. The lowest BCUT2D eigenvalue weighted by Gasteiger charge is -2.40. The van der Waals surface area contributed by atoms with Crippen LogP contribution in [0.1, 0.15) is 64.9 Å². The van der Waals surface area contributed by atoms with Crippen LogP contribution in [0, 0.1) is 0 Å². The van der Waals surface area contributed by atoms with E-state index in [0.717, 1.165) is 24.6 Å². The van der Waals surface area contributed by atoms with E-state index in [4.69, 9.17) is 0 Å². The monoisotopic (exact) mass is 262 g/mol. The van der Waals surface area contributed by atoms with Crippen molar-refractivity contribution in [2.75, 3.05) is 17.2 Å². The predicted octanol–water partition coefficient (Wildman–Crippen LogP) is 3.78. The summed E-state index contributed by atoms with van der Waals surface area (Å²) in [6.07, 6.45) is 6.53. The van der Waals surface area contributed by atoms with Crippen LogP contribution in [-0.2, 0) is 0 Å². The number of nitrogens with one attached hydrogen (secondary N) is 2. The highest BCUT2D eigenvalue weighted by molar-refractivity contribution is 5.60. The summed E-state index contributed by atoms with van der Waals surface area (Å²) in [5.41, 5.74) is 1.43. The topological polar surface area (TPSA) is 49.8 Å². The maximum absolute atomic E-state index is 4.47. The predicted molar refractivity (Wildman–Crippen MR) is 80.8 cm³/mol. The van der Waals surface area contributed by atoms with Gasteiger partial charge in [0.2, 0.25) is 0 Å². The Kier molecular flexibility index (Phi) is 4.27. The zero-order chi connectivity index (χ0) is 13.9. The smallest absolute Gasteiger partial charge is 0.135 e. The first-order valence-corrected chi connectivity index (χ1v) is 7.42. The van der Waals surface area contributed by atoms with Crippen molar-refractivity contribution >= 4 is 11.6 Å². The Morgan fingerprint density at radius 3 is 2.47 bits per heavy atom. The molecule has 1 aliphatic carbocycles. The highest BCUT2D eigenvalue weighted by Gasteiger charge is 2.33. The Bertz CT molecular complexity index is 424. The molecule has 2 N–H and O–H groups in total. The summed E-state index contributed by atoms with van der Waals surface area (Å²) in [7, 11) is 0. The zero-order valence-corrected chi connectivity index (χ0v) is 12.6. The molecular formula is C15H26N4. The second-order valence-corrected chi connectivity index (χ2v) is 6.11. The standard InChI is InChI=1S/C15H26N4/c1-5-9-16-13-12(11(2)3)14(18-10-17-13)19-15(4)7-6-8-15/h10-11H,5-9H2,1-4H3,(H2,16,17,18,19). The molecular weight excluding hydrogens is 236 g/mol. The van der Waals surface area contributed by atoms with Crippen LogP contribution >= 0.6 is 0 Å². The van der Waals surface area contributed by atoms with Crippen LogP contribution in [0.3, 0.4) is 0 Å². The highest BCUT2D eigenvalue weighted by atomic mass is 15.1. The molecule has 0 aliphatic heterocycles. The molecule has 19 heavy (non-hydrogen) atoms. The van der Waals surface area contributed by atoms with Gasteiger partial charge in [0.05, 0.1) is 0 Å². The Hall–Kier alpha value is -1.32. The van der Waals surface area contributed by atoms with Crippen LogP contribution in [0.25, 0.3) is 0 Å². The van der Waals surface area contributed by atoms with Gasteiger partial charge in [-0.25, -0.2) is 9.97 Å². The van der Waals surface area contributed by atoms with Gasteiger partial charge < -0.3 is 10.6 Å². The van der Waals surface area contributed by atoms with Gasteiger partial charge in [0.1, 0.15) is 18.0 Å². The third-order valence-electron chi connectivity index (χ3n) is 3.88. The molecule has 106 valence electrons. The maximum Gasteiger partial charge on any atom is 0.135 e. The van der Waals surface area contributed by atoms with Crippen molar-refractivity contribution in [1.82, 2.24) is 9.97 Å². The molecule has 1 aliphatic rings. The Labute approximate surface area is 116 Å². The molecule has 0 amide bonds. The minimum atomic E-state index is 0.222. The molecule has 1 aromatic rings. The van der Waals surface area contributed by atoms with Crippen molar-refractivity contribution in [2.45, 2.75) is 64.8 Å². The summed E-state index contributed by atoms with van der Waals surface area (Å²) in [5.74, 6) is 2.40. The number of hydrogen-bond donors (Lipinski definition) is 2. The van der Waals surface area contributed by atoms with E-state index in [1.807, 2.05) is 0 Å². The molecule has 0 radical (unpaired) electrons. The van der Waals surface area contributed by atoms with E-state index in [9.17, 15) is 0 Å². The largest absolute Gasteiger partial charge is 0.370 e. The molecule has 0 spiro atoms. The minimum absolute atomic E-state index is 0.222. The molecule has 4 nitrogen and oxygen atoms in total. The van der Waals surface area contributed by atoms with Gasteiger partial charge in [-0.3, -0.25) is 0 Å². The van der Waals surface area contributed by atoms with Gasteiger partial charge in [-0.15, -0.1) is 0 Å². The van der Waals surface area contributed by atoms with E-state index in [0.29, 0.717) is 5.92 Å². The van der Waals surface area contributed by atoms with E-state index in [1.54, 1.807) is 6.33 Å². The molecule has 1 fully saturated rings. The van der Waals surface area contributed by atoms with Crippen LogP contribution in [0.2, 0.25) is 0 Å². The van der Waals surface area contributed by atoms with Gasteiger partial charge in [-0.05, 0) is 38.5 Å². The van der Waals surface area contributed by atoms with E-state index in [1.165, 1.54) is 24.8 Å². The summed E-state index contributed by atoms with van der Waals surface area (Å²) >= 11 is 0. The van der Waals surface area contributed by atoms with Crippen molar-refractivity contribution in [3.63, 3.8) is 0 Å². The third kappa shape index (κ3) is 3.17. The first-order chi connectivity index (χ1) is 9.06. The molecule has 2 rings (SSSR count). The molecule has 1 aromatic heterocycles. The SMILES string of the molecule is CCCNc1ncnc(NC2(C)CCC2)c1C(C)C. The summed E-state index contributed by atoms with van der Waals surface area (Å²) in [6, 6.07) is 0. The van der Waals surface area contributed by atoms with Crippen LogP contribution in [0.5, 0.6) is 0 Å². The molecule has 0 saturated heterocycles. The fourth-order valence-electron chi connectivity index (χ4n) is 2.54. The minimum Gasteiger partial charge on any atom is -0.370 e. The Morgan fingerprint density at radius 1 is 1.26 bits per heavy atom. The van der Waals surface area contributed by atoms with E-state index in [2.05, 4.69) is 48.3 Å². The van der Waals surface area contributed by atoms with E-state index < -0.39 is 0 Å². The molecule has 0 atom stereocenters. The molecule has 1 saturated carbocycles. The second kappa shape index (κ2) is 5.76. The fourth-order valence-corrected chi connectivity index (χ4v) is 2.54. The highest BCUT2D eigenvalue weighted by Crippen LogP contribution is 2.37. The normalized spacial score (nSPS) is 17.1. The zero-order valence-electron chi connectivity index (χ0n) is 12.6. The molecule has 1 heterocycles. The average molecular weight is 262 g/mol. The third-order valence-corrected chi connectivity index (χ3v) is 3.88. The first kappa shape index (κ1) is 14.1. The summed E-state index contributed by atoms with van der Waals surface area (Å²) < 4.78 is 0. The lowest BCUT2D eigenvalue weighted by molar-refractivity contribution is 0.305. The molecule has 0 aromatic carbocycles. The lowest BCUT2D eigenvalue weighted by Crippen LogP contribution is -2.42. The lowest BCUT2D eigenvalue weighted by atomic mass is 9.78. The van der Waals surface area contributed by atoms with Gasteiger partial charge in [0.15, 0.2) is 0 Å². The van der Waals surface area contributed by atoms with Gasteiger partial charge in [0.25, 0.3) is 0 Å². The molecule has 0 bridgehead atoms. The summed E-state index contributed by atoms with van der Waals surface area (Å²) in [4.78, 5) is 8.88. The number of rotatable bonds is 6. The number of hydrogen-bond acceptors (Lipinski definition) is 4. The number of anilines is 2. The summed E-state index contributed by atoms with van der Waals surface area (Å²) in [5, 5.41) is 7.05.